The quantitative estimate of drug-likeness (QED) is 0.880. The number of amides is 1. The average Bonchev–Trinajstić information content (AvgIpc) is 3.14. The van der Waals surface area contributed by atoms with Crippen LogP contribution < -0.4 is 5.32 Å². The van der Waals surface area contributed by atoms with Crippen LogP contribution in [0.2, 0.25) is 0 Å². The molecule has 1 aliphatic heterocycles. The summed E-state index contributed by atoms with van der Waals surface area (Å²) in [6, 6.07) is 7.66. The second kappa shape index (κ2) is 7.34. The van der Waals surface area contributed by atoms with Crippen LogP contribution in [0, 0.1) is 0 Å². The molecule has 0 radical (unpaired) electrons. The van der Waals surface area contributed by atoms with Crippen LogP contribution in [0.4, 0.5) is 0 Å². The molecule has 1 amide bonds. The first-order chi connectivity index (χ1) is 11.3. The molecule has 1 N–H and O–H groups in total. The van der Waals surface area contributed by atoms with Crippen LogP contribution in [0.1, 0.15) is 17.3 Å². The lowest BCUT2D eigenvalue weighted by atomic mass is 10.1. The van der Waals surface area contributed by atoms with Crippen molar-refractivity contribution < 1.29 is 9.53 Å². The summed E-state index contributed by atoms with van der Waals surface area (Å²) in [4.78, 5) is 14.9. The maximum atomic E-state index is 12.5. The molecule has 1 atom stereocenters. The molecule has 122 valence electrons. The van der Waals surface area contributed by atoms with Gasteiger partial charge >= 0.3 is 0 Å². The van der Waals surface area contributed by atoms with Gasteiger partial charge < -0.3 is 10.1 Å². The number of aromatic nitrogens is 3. The third kappa shape index (κ3) is 3.75. The van der Waals surface area contributed by atoms with E-state index >= 15 is 0 Å². The second-order valence-corrected chi connectivity index (χ2v) is 5.57. The predicted molar refractivity (Wildman–Crippen MR) is 85.5 cm³/mol. The highest BCUT2D eigenvalue weighted by Crippen LogP contribution is 2.13. The van der Waals surface area contributed by atoms with Crippen molar-refractivity contribution in [3.05, 3.63) is 42.2 Å². The minimum absolute atomic E-state index is 0.101. The average molecular weight is 315 g/mol. The number of hydrogen-bond donors (Lipinski definition) is 1. The molecular weight excluding hydrogens is 294 g/mol. The minimum Gasteiger partial charge on any atom is -0.379 e. The van der Waals surface area contributed by atoms with Crippen molar-refractivity contribution in [3.63, 3.8) is 0 Å². The molecule has 0 saturated carbocycles. The zero-order valence-electron chi connectivity index (χ0n) is 13.2. The lowest BCUT2D eigenvalue weighted by Crippen LogP contribution is -2.47. The fourth-order valence-corrected chi connectivity index (χ4v) is 2.69. The molecule has 2 aromatic rings. The van der Waals surface area contributed by atoms with Gasteiger partial charge in [-0.1, -0.05) is 17.3 Å². The van der Waals surface area contributed by atoms with Gasteiger partial charge in [-0.2, -0.15) is 0 Å². The summed E-state index contributed by atoms with van der Waals surface area (Å²) >= 11 is 0. The molecule has 1 unspecified atom stereocenters. The molecule has 0 bridgehead atoms. The van der Waals surface area contributed by atoms with Gasteiger partial charge in [0.25, 0.3) is 5.91 Å². The highest BCUT2D eigenvalue weighted by molar-refractivity contribution is 5.97. The second-order valence-electron chi connectivity index (χ2n) is 5.57. The van der Waals surface area contributed by atoms with Crippen LogP contribution >= 0.6 is 0 Å². The van der Waals surface area contributed by atoms with Crippen molar-refractivity contribution >= 4 is 5.91 Å². The number of morpholine rings is 1. The fraction of sp³-hybridized carbons (Fsp3) is 0.438. The summed E-state index contributed by atoms with van der Waals surface area (Å²) < 4.78 is 6.95. The van der Waals surface area contributed by atoms with E-state index in [0.717, 1.165) is 32.0 Å². The van der Waals surface area contributed by atoms with Crippen molar-refractivity contribution in [2.45, 2.75) is 13.0 Å². The first kappa shape index (κ1) is 15.6. The Morgan fingerprint density at radius 3 is 2.87 bits per heavy atom. The largest absolute Gasteiger partial charge is 0.379 e. The number of nitrogens with one attached hydrogen (secondary N) is 1. The number of hydrogen-bond acceptors (Lipinski definition) is 5. The normalized spacial score (nSPS) is 16.9. The minimum atomic E-state index is -0.101. The Balaban J connectivity index is 1.64. The maximum absolute atomic E-state index is 12.5. The highest BCUT2D eigenvalue weighted by atomic mass is 16.5. The molecule has 23 heavy (non-hydrogen) atoms. The summed E-state index contributed by atoms with van der Waals surface area (Å²) in [5.41, 5.74) is 1.31. The van der Waals surface area contributed by atoms with Crippen LogP contribution in [0.3, 0.4) is 0 Å². The monoisotopic (exact) mass is 315 g/mol. The Morgan fingerprint density at radius 2 is 2.13 bits per heavy atom. The molecule has 1 fully saturated rings. The van der Waals surface area contributed by atoms with Crippen LogP contribution in [0.5, 0.6) is 0 Å². The van der Waals surface area contributed by atoms with Gasteiger partial charge in [0.15, 0.2) is 0 Å². The van der Waals surface area contributed by atoms with Gasteiger partial charge in [0.05, 0.1) is 36.9 Å². The van der Waals surface area contributed by atoms with Gasteiger partial charge in [-0.05, 0) is 19.1 Å². The van der Waals surface area contributed by atoms with E-state index in [1.54, 1.807) is 23.1 Å². The Kier molecular flexibility index (Phi) is 4.99. The SMILES string of the molecule is CC(CNC(=O)c1ccccc1-n1ccnn1)N1CCOCC1. The van der Waals surface area contributed by atoms with Crippen molar-refractivity contribution in [2.24, 2.45) is 0 Å². The van der Waals surface area contributed by atoms with E-state index in [1.807, 2.05) is 18.2 Å². The standard InChI is InChI=1S/C16H21N5O2/c1-13(20-8-10-23-11-9-20)12-17-16(22)14-4-2-3-5-15(14)21-7-6-18-19-21/h2-7,13H,8-12H2,1H3,(H,17,22). The Labute approximate surface area is 135 Å². The number of benzene rings is 1. The van der Waals surface area contributed by atoms with Crippen LogP contribution in [-0.2, 0) is 4.74 Å². The van der Waals surface area contributed by atoms with E-state index in [4.69, 9.17) is 4.74 Å². The van der Waals surface area contributed by atoms with Crippen LogP contribution in [0.25, 0.3) is 5.69 Å². The van der Waals surface area contributed by atoms with Gasteiger partial charge in [0, 0.05) is 25.7 Å². The number of para-hydroxylation sites is 1. The number of carbonyl (C=O) groups excluding carboxylic acids is 1. The van der Waals surface area contributed by atoms with Gasteiger partial charge in [0.2, 0.25) is 0 Å². The van der Waals surface area contributed by atoms with Gasteiger partial charge in [-0.15, -0.1) is 5.10 Å². The molecule has 1 aromatic carbocycles. The van der Waals surface area contributed by atoms with E-state index in [0.29, 0.717) is 12.1 Å². The number of nitrogens with zero attached hydrogens (tertiary/aromatic N) is 4. The Hall–Kier alpha value is -2.25. The summed E-state index contributed by atoms with van der Waals surface area (Å²) in [5, 5.41) is 10.8. The third-order valence-electron chi connectivity index (χ3n) is 4.05. The molecule has 1 aliphatic rings. The van der Waals surface area contributed by atoms with Crippen LogP contribution in [-0.4, -0.2) is 64.7 Å². The van der Waals surface area contributed by atoms with Gasteiger partial charge in [-0.25, -0.2) is 4.68 Å². The maximum Gasteiger partial charge on any atom is 0.253 e. The van der Waals surface area contributed by atoms with E-state index in [-0.39, 0.29) is 11.9 Å². The topological polar surface area (TPSA) is 72.3 Å². The molecule has 0 aliphatic carbocycles. The summed E-state index contributed by atoms with van der Waals surface area (Å²) in [5.74, 6) is -0.101. The molecule has 3 rings (SSSR count). The summed E-state index contributed by atoms with van der Waals surface area (Å²) in [7, 11) is 0. The first-order valence-corrected chi connectivity index (χ1v) is 7.81. The summed E-state index contributed by atoms with van der Waals surface area (Å²) in [6.45, 7) is 6.06. The predicted octanol–water partition coefficient (Wildman–Crippen LogP) is 0.718. The Morgan fingerprint density at radius 1 is 1.35 bits per heavy atom. The van der Waals surface area contributed by atoms with E-state index in [2.05, 4.69) is 27.5 Å². The molecule has 1 aromatic heterocycles. The highest BCUT2D eigenvalue weighted by Gasteiger charge is 2.19. The molecule has 7 heteroatoms. The lowest BCUT2D eigenvalue weighted by molar-refractivity contribution is 0.0204. The zero-order valence-corrected chi connectivity index (χ0v) is 13.2. The molecule has 2 heterocycles. The third-order valence-corrected chi connectivity index (χ3v) is 4.05. The van der Waals surface area contributed by atoms with E-state index in [9.17, 15) is 4.79 Å². The lowest BCUT2D eigenvalue weighted by Gasteiger charge is -2.32. The van der Waals surface area contributed by atoms with Gasteiger partial charge in [0.1, 0.15) is 0 Å². The number of ether oxygens (including phenoxy) is 1. The first-order valence-electron chi connectivity index (χ1n) is 7.81. The molecule has 0 spiro atoms. The molecular formula is C16H21N5O2. The summed E-state index contributed by atoms with van der Waals surface area (Å²) in [6.07, 6.45) is 3.32. The zero-order chi connectivity index (χ0) is 16.1. The van der Waals surface area contributed by atoms with Gasteiger partial charge in [-0.3, -0.25) is 9.69 Å². The molecule has 1 saturated heterocycles. The van der Waals surface area contributed by atoms with Crippen molar-refractivity contribution in [2.75, 3.05) is 32.8 Å². The van der Waals surface area contributed by atoms with Crippen molar-refractivity contribution in [1.82, 2.24) is 25.2 Å². The molecule has 7 nitrogen and oxygen atoms in total. The number of rotatable bonds is 5. The smallest absolute Gasteiger partial charge is 0.253 e. The Bertz CT molecular complexity index is 638. The fourth-order valence-electron chi connectivity index (χ4n) is 2.69. The van der Waals surface area contributed by atoms with E-state index < -0.39 is 0 Å². The van der Waals surface area contributed by atoms with E-state index in [1.165, 1.54) is 0 Å². The number of carbonyl (C=O) groups is 1. The van der Waals surface area contributed by atoms with Crippen LogP contribution in [0.15, 0.2) is 36.7 Å². The van der Waals surface area contributed by atoms with Crippen molar-refractivity contribution in [3.8, 4) is 5.69 Å². The van der Waals surface area contributed by atoms with Crippen molar-refractivity contribution in [1.29, 1.82) is 0 Å².